The molecule has 0 unspecified atom stereocenters. The van der Waals surface area contributed by atoms with Crippen LogP contribution >= 0.6 is 0 Å². The molecule has 2 aromatic rings. The van der Waals surface area contributed by atoms with E-state index >= 15 is 0 Å². The van der Waals surface area contributed by atoms with Gasteiger partial charge in [-0.25, -0.2) is 17.6 Å². The second-order valence-corrected chi connectivity index (χ2v) is 4.12. The summed E-state index contributed by atoms with van der Waals surface area (Å²) in [6, 6.07) is 4.65. The van der Waals surface area contributed by atoms with E-state index in [0.29, 0.717) is 0 Å². The minimum atomic E-state index is -1.10. The first-order valence-electron chi connectivity index (χ1n) is 5.32. The summed E-state index contributed by atoms with van der Waals surface area (Å²) >= 11 is 0. The van der Waals surface area contributed by atoms with Crippen LogP contribution < -0.4 is 0 Å². The summed E-state index contributed by atoms with van der Waals surface area (Å²) in [4.78, 5) is 0. The van der Waals surface area contributed by atoms with Crippen molar-refractivity contribution >= 4 is 0 Å². The number of halogens is 4. The molecule has 0 radical (unpaired) electrons. The number of hydrogen-bond acceptors (Lipinski definition) is 0. The molecule has 0 aliphatic rings. The fourth-order valence-corrected chi connectivity index (χ4v) is 1.67. The largest absolute Gasteiger partial charge is 0.207 e. The standard InChI is InChI=1S/C14H10F4/c1-7-3-4-10(14(18)13(7)17)9-5-11(15)8(2)12(16)6-9/h3-6H,1-2H3. The van der Waals surface area contributed by atoms with Gasteiger partial charge in [0.05, 0.1) is 0 Å². The molecule has 0 nitrogen and oxygen atoms in total. The Balaban J connectivity index is 2.67. The van der Waals surface area contributed by atoms with Gasteiger partial charge in [0.25, 0.3) is 0 Å². The van der Waals surface area contributed by atoms with Crippen LogP contribution in [0.3, 0.4) is 0 Å². The molecule has 0 amide bonds. The van der Waals surface area contributed by atoms with Crippen molar-refractivity contribution in [3.05, 3.63) is 58.7 Å². The second-order valence-electron chi connectivity index (χ2n) is 4.12. The predicted molar refractivity (Wildman–Crippen MR) is 61.2 cm³/mol. The van der Waals surface area contributed by atoms with Crippen LogP contribution in [0.4, 0.5) is 17.6 Å². The Morgan fingerprint density at radius 1 is 0.778 bits per heavy atom. The Morgan fingerprint density at radius 2 is 1.33 bits per heavy atom. The Labute approximate surface area is 102 Å². The third kappa shape index (κ3) is 1.98. The van der Waals surface area contributed by atoms with Gasteiger partial charge in [0, 0.05) is 11.1 Å². The molecule has 0 bridgehead atoms. The number of benzene rings is 2. The Kier molecular flexibility index (Phi) is 3.11. The van der Waals surface area contributed by atoms with E-state index < -0.39 is 23.3 Å². The third-order valence-corrected chi connectivity index (χ3v) is 2.87. The molecule has 0 aliphatic heterocycles. The molecule has 2 rings (SSSR count). The van der Waals surface area contributed by atoms with Crippen molar-refractivity contribution in [2.24, 2.45) is 0 Å². The maximum absolute atomic E-state index is 13.7. The van der Waals surface area contributed by atoms with E-state index in [2.05, 4.69) is 0 Å². The highest BCUT2D eigenvalue weighted by Gasteiger charge is 2.15. The highest BCUT2D eigenvalue weighted by molar-refractivity contribution is 5.65. The highest BCUT2D eigenvalue weighted by atomic mass is 19.2. The van der Waals surface area contributed by atoms with Crippen molar-refractivity contribution < 1.29 is 17.6 Å². The maximum atomic E-state index is 13.7. The number of aryl methyl sites for hydroxylation is 1. The second kappa shape index (κ2) is 4.44. The lowest BCUT2D eigenvalue weighted by atomic mass is 10.0. The average molecular weight is 254 g/mol. The average Bonchev–Trinajstić information content (AvgIpc) is 2.33. The van der Waals surface area contributed by atoms with Gasteiger partial charge < -0.3 is 0 Å². The van der Waals surface area contributed by atoms with Gasteiger partial charge >= 0.3 is 0 Å². The summed E-state index contributed by atoms with van der Waals surface area (Å²) in [6.07, 6.45) is 0. The van der Waals surface area contributed by atoms with Crippen LogP contribution in [-0.4, -0.2) is 0 Å². The molecule has 18 heavy (non-hydrogen) atoms. The normalized spacial score (nSPS) is 10.8. The zero-order valence-electron chi connectivity index (χ0n) is 9.82. The van der Waals surface area contributed by atoms with Crippen LogP contribution in [-0.2, 0) is 0 Å². The molecule has 0 spiro atoms. The van der Waals surface area contributed by atoms with Crippen LogP contribution in [0.25, 0.3) is 11.1 Å². The SMILES string of the molecule is Cc1ccc(-c2cc(F)c(C)c(F)c2)c(F)c1F. The molecule has 2 aromatic carbocycles. The van der Waals surface area contributed by atoms with Crippen LogP contribution in [0.2, 0.25) is 0 Å². The van der Waals surface area contributed by atoms with Gasteiger partial charge in [0.1, 0.15) is 11.6 Å². The van der Waals surface area contributed by atoms with E-state index in [-0.39, 0.29) is 22.3 Å². The fraction of sp³-hybridized carbons (Fsp3) is 0.143. The van der Waals surface area contributed by atoms with Gasteiger partial charge in [-0.3, -0.25) is 0 Å². The van der Waals surface area contributed by atoms with E-state index in [1.807, 2.05) is 0 Å². The van der Waals surface area contributed by atoms with Crippen molar-refractivity contribution in [3.8, 4) is 11.1 Å². The molecule has 4 heteroatoms. The van der Waals surface area contributed by atoms with E-state index in [9.17, 15) is 17.6 Å². The van der Waals surface area contributed by atoms with Crippen LogP contribution in [0, 0.1) is 37.1 Å². The smallest absolute Gasteiger partial charge is 0.166 e. The monoisotopic (exact) mass is 254 g/mol. The summed E-state index contributed by atoms with van der Waals surface area (Å²) in [5.41, 5.74) is -0.182. The van der Waals surface area contributed by atoms with Crippen molar-refractivity contribution in [2.45, 2.75) is 13.8 Å². The highest BCUT2D eigenvalue weighted by Crippen LogP contribution is 2.28. The first-order chi connectivity index (χ1) is 8.41. The van der Waals surface area contributed by atoms with E-state index in [1.165, 1.54) is 26.0 Å². The van der Waals surface area contributed by atoms with Gasteiger partial charge in [-0.1, -0.05) is 12.1 Å². The lowest BCUT2D eigenvalue weighted by Gasteiger charge is -2.08. The van der Waals surface area contributed by atoms with Crippen molar-refractivity contribution in [1.29, 1.82) is 0 Å². The van der Waals surface area contributed by atoms with Gasteiger partial charge in [-0.05, 0) is 37.1 Å². The van der Waals surface area contributed by atoms with Crippen molar-refractivity contribution in [3.63, 3.8) is 0 Å². The van der Waals surface area contributed by atoms with Crippen LogP contribution in [0.15, 0.2) is 24.3 Å². The third-order valence-electron chi connectivity index (χ3n) is 2.87. The number of rotatable bonds is 1. The number of hydrogen-bond donors (Lipinski definition) is 0. The first-order valence-corrected chi connectivity index (χ1v) is 5.32. The summed E-state index contributed by atoms with van der Waals surface area (Å²) < 4.78 is 53.8. The van der Waals surface area contributed by atoms with Crippen LogP contribution in [0.5, 0.6) is 0 Å². The fourth-order valence-electron chi connectivity index (χ4n) is 1.67. The van der Waals surface area contributed by atoms with Crippen LogP contribution in [0.1, 0.15) is 11.1 Å². The molecular weight excluding hydrogens is 244 g/mol. The quantitative estimate of drug-likeness (QED) is 0.656. The molecule has 0 aliphatic carbocycles. The minimum Gasteiger partial charge on any atom is -0.207 e. The molecule has 0 fully saturated rings. The molecule has 0 N–H and O–H groups in total. The van der Waals surface area contributed by atoms with E-state index in [1.54, 1.807) is 0 Å². The first kappa shape index (κ1) is 12.6. The Hall–Kier alpha value is -1.84. The summed E-state index contributed by atoms with van der Waals surface area (Å²) in [7, 11) is 0. The molecule has 0 saturated carbocycles. The summed E-state index contributed by atoms with van der Waals surface area (Å²) in [6.45, 7) is 2.69. The van der Waals surface area contributed by atoms with Gasteiger partial charge in [-0.15, -0.1) is 0 Å². The van der Waals surface area contributed by atoms with Gasteiger partial charge in [0.15, 0.2) is 11.6 Å². The maximum Gasteiger partial charge on any atom is 0.166 e. The summed E-state index contributed by atoms with van der Waals surface area (Å²) in [5.74, 6) is -3.68. The predicted octanol–water partition coefficient (Wildman–Crippen LogP) is 4.53. The molecule has 0 aromatic heterocycles. The molecule has 0 atom stereocenters. The van der Waals surface area contributed by atoms with Gasteiger partial charge in [0.2, 0.25) is 0 Å². The molecule has 0 heterocycles. The van der Waals surface area contributed by atoms with E-state index in [4.69, 9.17) is 0 Å². The minimum absolute atomic E-state index is 0.0213. The van der Waals surface area contributed by atoms with Crippen molar-refractivity contribution in [2.75, 3.05) is 0 Å². The van der Waals surface area contributed by atoms with E-state index in [0.717, 1.165) is 12.1 Å². The van der Waals surface area contributed by atoms with Crippen molar-refractivity contribution in [1.82, 2.24) is 0 Å². The Morgan fingerprint density at radius 3 is 1.89 bits per heavy atom. The zero-order valence-corrected chi connectivity index (χ0v) is 9.82. The molecule has 0 saturated heterocycles. The summed E-state index contributed by atoms with van der Waals surface area (Å²) in [5, 5.41) is 0. The lowest BCUT2D eigenvalue weighted by molar-refractivity contribution is 0.505. The zero-order chi connectivity index (χ0) is 13.4. The topological polar surface area (TPSA) is 0 Å². The lowest BCUT2D eigenvalue weighted by Crippen LogP contribution is -1.96. The molecular formula is C14H10F4. The Bertz CT molecular complexity index is 594. The van der Waals surface area contributed by atoms with Gasteiger partial charge in [-0.2, -0.15) is 0 Å². The molecule has 94 valence electrons.